The van der Waals surface area contributed by atoms with Crippen molar-refractivity contribution in [2.45, 2.75) is 64.1 Å². The minimum Gasteiger partial charge on any atom is -0.444 e. The molecule has 8 nitrogen and oxygen atoms in total. The Morgan fingerprint density at radius 3 is 2.64 bits per heavy atom. The highest BCUT2D eigenvalue weighted by atomic mass is 79.9. The number of hydrogen-bond acceptors (Lipinski definition) is 5. The van der Waals surface area contributed by atoms with Gasteiger partial charge in [-0.25, -0.2) is 9.78 Å². The number of nitrogens with two attached hydrogens (primary N) is 1. The molecular weight excluding hydrogens is 428 g/mol. The van der Waals surface area contributed by atoms with E-state index in [4.69, 9.17) is 10.5 Å². The molecule has 1 fully saturated rings. The molecular formula is C19H27BrN4O4. The first kappa shape index (κ1) is 22.1. The number of rotatable bonds is 5. The molecule has 0 radical (unpaired) electrons. The van der Waals surface area contributed by atoms with E-state index in [2.05, 4.69) is 26.2 Å². The molecule has 0 aliphatic carbocycles. The van der Waals surface area contributed by atoms with Crippen LogP contribution in [0.2, 0.25) is 0 Å². The molecule has 2 atom stereocenters. The summed E-state index contributed by atoms with van der Waals surface area (Å²) in [7, 11) is 0. The Morgan fingerprint density at radius 2 is 2.07 bits per heavy atom. The summed E-state index contributed by atoms with van der Waals surface area (Å²) in [5, 5.41) is 2.69. The van der Waals surface area contributed by atoms with Crippen molar-refractivity contribution >= 4 is 33.8 Å². The Kier molecular flexibility index (Phi) is 7.40. The Bertz CT molecular complexity index is 718. The molecule has 1 aromatic rings. The van der Waals surface area contributed by atoms with Crippen LogP contribution in [-0.4, -0.2) is 52.0 Å². The van der Waals surface area contributed by atoms with Gasteiger partial charge in [0.15, 0.2) is 0 Å². The number of carbonyl (C=O) groups is 3. The van der Waals surface area contributed by atoms with Gasteiger partial charge in [0.05, 0.1) is 0 Å². The number of ether oxygens (including phenoxy) is 1. The van der Waals surface area contributed by atoms with Crippen LogP contribution in [0, 0.1) is 0 Å². The van der Waals surface area contributed by atoms with Crippen molar-refractivity contribution in [1.82, 2.24) is 15.2 Å². The number of pyridine rings is 1. The second kappa shape index (κ2) is 9.36. The van der Waals surface area contributed by atoms with Gasteiger partial charge in [-0.3, -0.25) is 14.5 Å². The fourth-order valence-electron chi connectivity index (χ4n) is 3.00. The Balaban J connectivity index is 2.08. The molecule has 1 unspecified atom stereocenters. The van der Waals surface area contributed by atoms with Crippen LogP contribution >= 0.6 is 15.9 Å². The predicted octanol–water partition coefficient (Wildman–Crippen LogP) is 2.15. The number of carbonyl (C=O) groups excluding carboxylic acids is 3. The van der Waals surface area contributed by atoms with E-state index in [0.717, 1.165) is 18.4 Å². The molecule has 0 aromatic carbocycles. The van der Waals surface area contributed by atoms with Gasteiger partial charge in [-0.2, -0.15) is 0 Å². The van der Waals surface area contributed by atoms with Crippen molar-refractivity contribution in [3.63, 3.8) is 0 Å². The van der Waals surface area contributed by atoms with Crippen LogP contribution in [0.3, 0.4) is 0 Å². The van der Waals surface area contributed by atoms with Crippen LogP contribution in [0.25, 0.3) is 0 Å². The Morgan fingerprint density at radius 1 is 1.36 bits per heavy atom. The molecule has 0 spiro atoms. The lowest BCUT2D eigenvalue weighted by Gasteiger charge is -2.36. The van der Waals surface area contributed by atoms with E-state index in [9.17, 15) is 14.4 Å². The van der Waals surface area contributed by atoms with Gasteiger partial charge in [-0.1, -0.05) is 6.07 Å². The van der Waals surface area contributed by atoms with Gasteiger partial charge in [0.2, 0.25) is 11.8 Å². The smallest absolute Gasteiger partial charge is 0.410 e. The predicted molar refractivity (Wildman–Crippen MR) is 107 cm³/mol. The van der Waals surface area contributed by atoms with Crippen LogP contribution in [0.15, 0.2) is 22.9 Å². The lowest BCUT2D eigenvalue weighted by atomic mass is 10.0. The first-order chi connectivity index (χ1) is 13.1. The first-order valence-corrected chi connectivity index (χ1v) is 10.1. The highest BCUT2D eigenvalue weighted by Gasteiger charge is 2.36. The number of likely N-dealkylation sites (tertiary alicyclic amines) is 1. The van der Waals surface area contributed by atoms with Gasteiger partial charge in [0, 0.05) is 19.2 Å². The highest BCUT2D eigenvalue weighted by Crippen LogP contribution is 2.21. The molecule has 2 heterocycles. The highest BCUT2D eigenvalue weighted by molar-refractivity contribution is 9.10. The third-order valence-electron chi connectivity index (χ3n) is 4.32. The van der Waals surface area contributed by atoms with Gasteiger partial charge in [-0.15, -0.1) is 0 Å². The summed E-state index contributed by atoms with van der Waals surface area (Å²) in [5.74, 6) is -1.05. The summed E-state index contributed by atoms with van der Waals surface area (Å²) in [4.78, 5) is 42.7. The average molecular weight is 455 g/mol. The van der Waals surface area contributed by atoms with E-state index in [1.807, 2.05) is 0 Å². The minimum atomic E-state index is -0.891. The molecule has 0 bridgehead atoms. The molecule has 1 aromatic heterocycles. The zero-order chi connectivity index (χ0) is 20.9. The van der Waals surface area contributed by atoms with Crippen molar-refractivity contribution in [3.8, 4) is 0 Å². The van der Waals surface area contributed by atoms with E-state index in [-0.39, 0.29) is 6.42 Å². The van der Waals surface area contributed by atoms with Crippen LogP contribution in [0.5, 0.6) is 0 Å². The number of amides is 3. The SMILES string of the molecule is CC(C)(C)OC(=O)N1CCCCC1C(=O)N[C@@H](Cc1ccc(Br)nc1)C(N)=O. The molecule has 1 saturated heterocycles. The maximum atomic E-state index is 12.8. The van der Waals surface area contributed by atoms with Gasteiger partial charge in [0.1, 0.15) is 22.3 Å². The monoisotopic (exact) mass is 454 g/mol. The minimum absolute atomic E-state index is 0.223. The van der Waals surface area contributed by atoms with Crippen molar-refractivity contribution in [3.05, 3.63) is 28.5 Å². The summed E-state index contributed by atoms with van der Waals surface area (Å²) in [6.07, 6.45) is 3.43. The Labute approximate surface area is 173 Å². The van der Waals surface area contributed by atoms with Crippen molar-refractivity contribution in [2.75, 3.05) is 6.54 Å². The van der Waals surface area contributed by atoms with Crippen LogP contribution in [0.1, 0.15) is 45.6 Å². The van der Waals surface area contributed by atoms with Gasteiger partial charge in [-0.05, 0) is 67.6 Å². The van der Waals surface area contributed by atoms with Crippen LogP contribution < -0.4 is 11.1 Å². The topological polar surface area (TPSA) is 115 Å². The quantitative estimate of drug-likeness (QED) is 0.661. The third-order valence-corrected chi connectivity index (χ3v) is 4.79. The Hall–Kier alpha value is -2.16. The maximum Gasteiger partial charge on any atom is 0.410 e. The van der Waals surface area contributed by atoms with Crippen LogP contribution in [0.4, 0.5) is 4.79 Å². The molecule has 2 rings (SSSR count). The number of piperidine rings is 1. The zero-order valence-electron chi connectivity index (χ0n) is 16.4. The summed E-state index contributed by atoms with van der Waals surface area (Å²) in [5.41, 5.74) is 5.59. The average Bonchev–Trinajstić information content (AvgIpc) is 2.61. The largest absolute Gasteiger partial charge is 0.444 e. The fourth-order valence-corrected chi connectivity index (χ4v) is 3.23. The lowest BCUT2D eigenvalue weighted by molar-refractivity contribution is -0.131. The lowest BCUT2D eigenvalue weighted by Crippen LogP contribution is -2.56. The van der Waals surface area contributed by atoms with E-state index < -0.39 is 35.6 Å². The number of nitrogens with zero attached hydrogens (tertiary/aromatic N) is 2. The zero-order valence-corrected chi connectivity index (χ0v) is 18.0. The molecule has 28 heavy (non-hydrogen) atoms. The van der Waals surface area contributed by atoms with E-state index >= 15 is 0 Å². The third kappa shape index (κ3) is 6.47. The summed E-state index contributed by atoms with van der Waals surface area (Å²) in [6, 6.07) is 1.97. The number of nitrogens with one attached hydrogen (secondary N) is 1. The normalized spacial score (nSPS) is 18.3. The van der Waals surface area contributed by atoms with Gasteiger partial charge >= 0.3 is 6.09 Å². The molecule has 3 N–H and O–H groups in total. The summed E-state index contributed by atoms with van der Waals surface area (Å²) >= 11 is 3.25. The standard InChI is InChI=1S/C19H27BrN4O4/c1-19(2,3)28-18(27)24-9-5-4-6-14(24)17(26)23-13(16(21)25)10-12-7-8-15(20)22-11-12/h7-8,11,13-14H,4-6,9-10H2,1-3H3,(H2,21,25)(H,23,26)/t13-,14?/m0/s1. The summed E-state index contributed by atoms with van der Waals surface area (Å²) < 4.78 is 6.09. The molecule has 154 valence electrons. The number of hydrogen-bond donors (Lipinski definition) is 2. The molecule has 0 saturated carbocycles. The van der Waals surface area contributed by atoms with Gasteiger partial charge < -0.3 is 15.8 Å². The second-order valence-corrected chi connectivity index (χ2v) is 8.65. The molecule has 1 aliphatic rings. The van der Waals surface area contributed by atoms with Crippen molar-refractivity contribution < 1.29 is 19.1 Å². The number of halogens is 1. The van der Waals surface area contributed by atoms with Crippen molar-refractivity contribution in [2.24, 2.45) is 5.73 Å². The van der Waals surface area contributed by atoms with Crippen molar-refractivity contribution in [1.29, 1.82) is 0 Å². The number of primary amides is 1. The van der Waals surface area contributed by atoms with E-state index in [1.165, 1.54) is 4.90 Å². The van der Waals surface area contributed by atoms with Gasteiger partial charge in [0.25, 0.3) is 0 Å². The first-order valence-electron chi connectivity index (χ1n) is 9.26. The number of aromatic nitrogens is 1. The van der Waals surface area contributed by atoms with Crippen LogP contribution in [-0.2, 0) is 20.7 Å². The second-order valence-electron chi connectivity index (χ2n) is 7.84. The van der Waals surface area contributed by atoms with E-state index in [0.29, 0.717) is 17.6 Å². The maximum absolute atomic E-state index is 12.8. The molecule has 3 amide bonds. The van der Waals surface area contributed by atoms with E-state index in [1.54, 1.807) is 39.1 Å². The molecule has 9 heteroatoms. The fraction of sp³-hybridized carbons (Fsp3) is 0.579. The molecule has 1 aliphatic heterocycles. The summed E-state index contributed by atoms with van der Waals surface area (Å²) in [6.45, 7) is 5.77.